The van der Waals surface area contributed by atoms with E-state index in [4.69, 9.17) is 5.73 Å². The Morgan fingerprint density at radius 1 is 1.30 bits per heavy atom. The van der Waals surface area contributed by atoms with Crippen LogP contribution in [0.1, 0.15) is 37.0 Å². The van der Waals surface area contributed by atoms with E-state index in [1.807, 2.05) is 11.3 Å². The monoisotopic (exact) mass is 448 g/mol. The van der Waals surface area contributed by atoms with Crippen molar-refractivity contribution in [2.75, 3.05) is 26.2 Å². The third-order valence-corrected chi connectivity index (χ3v) is 5.74. The Hall–Kier alpha value is -0.340. The number of nitrogens with two attached hydrogens (primary N) is 1. The molecule has 3 rings (SSSR count). The first-order valence-corrected chi connectivity index (χ1v) is 9.46. The molecule has 1 aromatic heterocycles. The molecular weight excluding hydrogens is 419 g/mol. The molecule has 4 nitrogen and oxygen atoms in total. The molecule has 0 spiro atoms. The van der Waals surface area contributed by atoms with Crippen molar-refractivity contribution in [1.29, 1.82) is 0 Å². The average Bonchev–Trinajstić information content (AvgIpc) is 2.97. The lowest BCUT2D eigenvalue weighted by molar-refractivity contribution is 0.172. The lowest BCUT2D eigenvalue weighted by Gasteiger charge is -2.31. The van der Waals surface area contributed by atoms with Crippen LogP contribution in [0.3, 0.4) is 0 Å². The van der Waals surface area contributed by atoms with Gasteiger partial charge in [0.15, 0.2) is 5.96 Å². The summed E-state index contributed by atoms with van der Waals surface area (Å²) in [4.78, 5) is 8.60. The van der Waals surface area contributed by atoms with Crippen LogP contribution in [0, 0.1) is 11.8 Å². The highest BCUT2D eigenvalue weighted by atomic mass is 127. The van der Waals surface area contributed by atoms with Gasteiger partial charge in [-0.25, -0.2) is 0 Å². The largest absolute Gasteiger partial charge is 0.370 e. The van der Waals surface area contributed by atoms with Gasteiger partial charge in [-0.3, -0.25) is 9.89 Å². The normalized spacial score (nSPS) is 23.1. The highest BCUT2D eigenvalue weighted by Gasteiger charge is 2.20. The fraction of sp³-hybridized carbons (Fsp3) is 0.706. The number of rotatable bonds is 6. The highest BCUT2D eigenvalue weighted by Crippen LogP contribution is 2.25. The molecule has 0 radical (unpaired) electrons. The zero-order valence-corrected chi connectivity index (χ0v) is 16.9. The van der Waals surface area contributed by atoms with Gasteiger partial charge in [-0.15, -0.1) is 35.3 Å². The Morgan fingerprint density at radius 3 is 2.83 bits per heavy atom. The Kier molecular flexibility index (Phi) is 8.12. The number of aliphatic imine (C=N–C) groups is 1. The standard InChI is InChI=1S/C17H28N4S.HI/c18-17(19-10-14-4-1-5-14)20-11-15-6-2-8-21(12-15)13-16-7-3-9-22-16;/h3,7,9,14-15H,1-2,4-6,8,10-13H2,(H3,18,19,20);1H. The molecule has 3 N–H and O–H groups in total. The van der Waals surface area contributed by atoms with Gasteiger partial charge in [0.25, 0.3) is 0 Å². The molecule has 23 heavy (non-hydrogen) atoms. The van der Waals surface area contributed by atoms with Crippen molar-refractivity contribution in [3.63, 3.8) is 0 Å². The van der Waals surface area contributed by atoms with Gasteiger partial charge in [-0.05, 0) is 55.5 Å². The predicted octanol–water partition coefficient (Wildman–Crippen LogP) is 3.28. The molecule has 1 atom stereocenters. The summed E-state index contributed by atoms with van der Waals surface area (Å²) in [6.07, 6.45) is 6.63. The Labute approximate surface area is 160 Å². The first kappa shape index (κ1) is 19.0. The van der Waals surface area contributed by atoms with Gasteiger partial charge in [0.1, 0.15) is 0 Å². The molecule has 1 saturated carbocycles. The molecule has 6 heteroatoms. The number of halogens is 1. The van der Waals surface area contributed by atoms with Gasteiger partial charge in [0.2, 0.25) is 0 Å². The van der Waals surface area contributed by atoms with Crippen molar-refractivity contribution in [3.8, 4) is 0 Å². The smallest absolute Gasteiger partial charge is 0.188 e. The molecule has 130 valence electrons. The highest BCUT2D eigenvalue weighted by molar-refractivity contribution is 14.0. The van der Waals surface area contributed by atoms with Gasteiger partial charge >= 0.3 is 0 Å². The summed E-state index contributed by atoms with van der Waals surface area (Å²) < 4.78 is 0. The van der Waals surface area contributed by atoms with Gasteiger partial charge in [0.05, 0.1) is 0 Å². The van der Waals surface area contributed by atoms with Crippen LogP contribution in [0.2, 0.25) is 0 Å². The van der Waals surface area contributed by atoms with E-state index in [1.165, 1.54) is 43.5 Å². The lowest BCUT2D eigenvalue weighted by atomic mass is 9.85. The first-order valence-electron chi connectivity index (χ1n) is 8.58. The maximum absolute atomic E-state index is 5.99. The summed E-state index contributed by atoms with van der Waals surface area (Å²) in [5, 5.41) is 5.45. The number of guanidine groups is 1. The first-order chi connectivity index (χ1) is 10.8. The van der Waals surface area contributed by atoms with Crippen LogP contribution in [-0.2, 0) is 6.54 Å². The molecule has 2 fully saturated rings. The van der Waals surface area contributed by atoms with E-state index in [1.54, 1.807) is 0 Å². The minimum absolute atomic E-state index is 0. The maximum Gasteiger partial charge on any atom is 0.188 e. The van der Waals surface area contributed by atoms with Gasteiger partial charge in [0, 0.05) is 31.1 Å². The van der Waals surface area contributed by atoms with Crippen molar-refractivity contribution >= 4 is 41.3 Å². The van der Waals surface area contributed by atoms with Crippen molar-refractivity contribution in [1.82, 2.24) is 10.2 Å². The lowest BCUT2D eigenvalue weighted by Crippen LogP contribution is -2.39. The van der Waals surface area contributed by atoms with Crippen LogP contribution in [0.5, 0.6) is 0 Å². The molecule has 1 saturated heterocycles. The van der Waals surface area contributed by atoms with Crippen molar-refractivity contribution in [2.24, 2.45) is 22.6 Å². The number of likely N-dealkylation sites (tertiary alicyclic amines) is 1. The summed E-state index contributed by atoms with van der Waals surface area (Å²) in [5.41, 5.74) is 5.99. The van der Waals surface area contributed by atoms with Gasteiger partial charge < -0.3 is 11.1 Å². The number of nitrogens with zero attached hydrogens (tertiary/aromatic N) is 2. The van der Waals surface area contributed by atoms with Gasteiger partial charge in [-0.2, -0.15) is 0 Å². The molecule has 0 bridgehead atoms. The van der Waals surface area contributed by atoms with E-state index in [0.29, 0.717) is 11.9 Å². The number of hydrogen-bond donors (Lipinski definition) is 2. The van der Waals surface area contributed by atoms with Crippen LogP contribution >= 0.6 is 35.3 Å². The molecule has 1 aliphatic carbocycles. The number of piperidine rings is 1. The van der Waals surface area contributed by atoms with Crippen LogP contribution < -0.4 is 11.1 Å². The molecule has 1 unspecified atom stereocenters. The summed E-state index contributed by atoms with van der Waals surface area (Å²) in [6, 6.07) is 4.37. The second-order valence-corrected chi connectivity index (χ2v) is 7.76. The predicted molar refractivity (Wildman–Crippen MR) is 110 cm³/mol. The molecule has 2 aliphatic rings. The second-order valence-electron chi connectivity index (χ2n) is 6.73. The van der Waals surface area contributed by atoms with Crippen molar-refractivity contribution in [2.45, 2.75) is 38.6 Å². The summed E-state index contributed by atoms with van der Waals surface area (Å²) in [6.45, 7) is 5.33. The van der Waals surface area contributed by atoms with E-state index in [0.717, 1.165) is 32.1 Å². The van der Waals surface area contributed by atoms with Crippen molar-refractivity contribution < 1.29 is 0 Å². The van der Waals surface area contributed by atoms with E-state index in [2.05, 4.69) is 32.7 Å². The van der Waals surface area contributed by atoms with E-state index >= 15 is 0 Å². The number of thiophene rings is 1. The van der Waals surface area contributed by atoms with E-state index in [9.17, 15) is 0 Å². The third-order valence-electron chi connectivity index (χ3n) is 4.88. The Balaban J connectivity index is 0.00000192. The zero-order chi connectivity index (χ0) is 15.2. The second kappa shape index (κ2) is 9.84. The molecule has 0 aromatic carbocycles. The van der Waals surface area contributed by atoms with Gasteiger partial charge in [-0.1, -0.05) is 12.5 Å². The summed E-state index contributed by atoms with van der Waals surface area (Å²) in [7, 11) is 0. The number of hydrogen-bond acceptors (Lipinski definition) is 3. The quantitative estimate of drug-likeness (QED) is 0.399. The van der Waals surface area contributed by atoms with Crippen LogP contribution in [0.15, 0.2) is 22.5 Å². The van der Waals surface area contributed by atoms with Crippen LogP contribution in [-0.4, -0.2) is 37.0 Å². The molecular formula is C17H29IN4S. The summed E-state index contributed by atoms with van der Waals surface area (Å²) in [5.74, 6) is 2.12. The fourth-order valence-corrected chi connectivity index (χ4v) is 4.04. The Morgan fingerprint density at radius 2 is 2.13 bits per heavy atom. The van der Waals surface area contributed by atoms with Crippen LogP contribution in [0.4, 0.5) is 0 Å². The minimum atomic E-state index is 0. The fourth-order valence-electron chi connectivity index (χ4n) is 3.30. The molecule has 2 heterocycles. The Bertz CT molecular complexity index is 473. The third kappa shape index (κ3) is 6.23. The van der Waals surface area contributed by atoms with Crippen LogP contribution in [0.25, 0.3) is 0 Å². The van der Waals surface area contributed by atoms with E-state index < -0.39 is 0 Å². The maximum atomic E-state index is 5.99. The zero-order valence-electron chi connectivity index (χ0n) is 13.7. The van der Waals surface area contributed by atoms with Crippen molar-refractivity contribution in [3.05, 3.63) is 22.4 Å². The minimum Gasteiger partial charge on any atom is -0.370 e. The van der Waals surface area contributed by atoms with E-state index in [-0.39, 0.29) is 24.0 Å². The SMILES string of the molecule is I.NC(=NCC1CCCN(Cc2cccs2)C1)NCC1CCC1. The number of nitrogens with one attached hydrogen (secondary N) is 1. The molecule has 1 aliphatic heterocycles. The average molecular weight is 448 g/mol. The molecule has 1 aromatic rings. The molecule has 0 amide bonds. The summed E-state index contributed by atoms with van der Waals surface area (Å²) >= 11 is 1.85. The topological polar surface area (TPSA) is 53.6 Å².